The minimum absolute atomic E-state index is 0.164. The number of anilines is 3. The second kappa shape index (κ2) is 11.0. The normalized spacial score (nSPS) is 11.2. The average molecular weight is 544 g/mol. The highest BCUT2D eigenvalue weighted by Crippen LogP contribution is 2.29. The standard InChI is InChI=1S/C21H21BrCl2N4O2S/c22-11-15-28(31(29,30)19-9-5-17(24)6-10-19)20-2-1-12-26-21(20)27-14-13-25-18-7-3-16(23)4-8-18/h1-10,12,25H,11,13-15H2,(H,26,27). The number of nitrogens with one attached hydrogen (secondary N) is 2. The van der Waals surface area contributed by atoms with Gasteiger partial charge in [0.15, 0.2) is 5.82 Å². The van der Waals surface area contributed by atoms with Crippen LogP contribution in [-0.2, 0) is 10.0 Å². The van der Waals surface area contributed by atoms with Gasteiger partial charge >= 0.3 is 0 Å². The summed E-state index contributed by atoms with van der Waals surface area (Å²) >= 11 is 15.2. The van der Waals surface area contributed by atoms with Crippen LogP contribution in [0.25, 0.3) is 0 Å². The van der Waals surface area contributed by atoms with E-state index in [4.69, 9.17) is 23.2 Å². The number of nitrogens with zero attached hydrogens (tertiary/aromatic N) is 2. The minimum Gasteiger partial charge on any atom is -0.383 e. The molecule has 0 radical (unpaired) electrons. The maximum absolute atomic E-state index is 13.3. The topological polar surface area (TPSA) is 74.3 Å². The van der Waals surface area contributed by atoms with Crippen molar-refractivity contribution in [3.63, 3.8) is 0 Å². The van der Waals surface area contributed by atoms with Crippen molar-refractivity contribution in [2.24, 2.45) is 0 Å². The van der Waals surface area contributed by atoms with Crippen LogP contribution in [0, 0.1) is 0 Å². The van der Waals surface area contributed by atoms with E-state index in [0.717, 1.165) is 5.69 Å². The fourth-order valence-corrected chi connectivity index (χ4v) is 5.18. The molecule has 1 aromatic heterocycles. The van der Waals surface area contributed by atoms with Gasteiger partial charge in [0, 0.05) is 46.9 Å². The molecule has 0 amide bonds. The van der Waals surface area contributed by atoms with Crippen LogP contribution in [-0.4, -0.2) is 38.4 Å². The first kappa shape index (κ1) is 23.7. The molecule has 0 bridgehead atoms. The van der Waals surface area contributed by atoms with E-state index in [1.807, 2.05) is 24.3 Å². The Morgan fingerprint density at radius 3 is 2.16 bits per heavy atom. The number of pyridine rings is 1. The van der Waals surface area contributed by atoms with E-state index in [1.165, 1.54) is 16.4 Å². The predicted molar refractivity (Wildman–Crippen MR) is 132 cm³/mol. The van der Waals surface area contributed by atoms with E-state index in [9.17, 15) is 8.42 Å². The highest BCUT2D eigenvalue weighted by atomic mass is 79.9. The molecule has 0 aliphatic rings. The monoisotopic (exact) mass is 542 g/mol. The Morgan fingerprint density at radius 2 is 1.52 bits per heavy atom. The van der Waals surface area contributed by atoms with Crippen LogP contribution in [0.1, 0.15) is 0 Å². The van der Waals surface area contributed by atoms with Crippen molar-refractivity contribution in [3.8, 4) is 0 Å². The van der Waals surface area contributed by atoms with E-state index in [2.05, 4.69) is 31.5 Å². The molecule has 0 aliphatic heterocycles. The maximum Gasteiger partial charge on any atom is 0.264 e. The first-order chi connectivity index (χ1) is 14.9. The molecule has 0 saturated carbocycles. The smallest absolute Gasteiger partial charge is 0.264 e. The zero-order chi connectivity index (χ0) is 22.3. The van der Waals surface area contributed by atoms with E-state index in [0.29, 0.717) is 40.0 Å². The highest BCUT2D eigenvalue weighted by molar-refractivity contribution is 9.09. The summed E-state index contributed by atoms with van der Waals surface area (Å²) in [5.41, 5.74) is 1.42. The molecule has 0 spiro atoms. The van der Waals surface area contributed by atoms with Crippen molar-refractivity contribution in [1.29, 1.82) is 0 Å². The van der Waals surface area contributed by atoms with Gasteiger partial charge in [-0.1, -0.05) is 39.1 Å². The van der Waals surface area contributed by atoms with Crippen LogP contribution in [0.2, 0.25) is 10.0 Å². The Morgan fingerprint density at radius 1 is 0.903 bits per heavy atom. The van der Waals surface area contributed by atoms with Gasteiger partial charge in [-0.05, 0) is 60.7 Å². The van der Waals surface area contributed by atoms with Crippen molar-refractivity contribution in [2.75, 3.05) is 39.9 Å². The summed E-state index contributed by atoms with van der Waals surface area (Å²) in [6.45, 7) is 1.39. The molecule has 10 heteroatoms. The zero-order valence-corrected chi connectivity index (χ0v) is 20.3. The summed E-state index contributed by atoms with van der Waals surface area (Å²) in [6.07, 6.45) is 1.62. The summed E-state index contributed by atoms with van der Waals surface area (Å²) in [5, 5.41) is 8.12. The van der Waals surface area contributed by atoms with Gasteiger partial charge in [0.05, 0.1) is 10.6 Å². The molecule has 0 fully saturated rings. The quantitative estimate of drug-likeness (QED) is 0.261. The molecule has 1 heterocycles. The van der Waals surface area contributed by atoms with E-state index >= 15 is 0 Å². The van der Waals surface area contributed by atoms with Crippen LogP contribution >= 0.6 is 39.1 Å². The molecule has 164 valence electrons. The van der Waals surface area contributed by atoms with E-state index in [1.54, 1.807) is 30.5 Å². The lowest BCUT2D eigenvalue weighted by molar-refractivity contribution is 0.592. The molecule has 0 unspecified atom stereocenters. The Bertz CT molecular complexity index is 1100. The summed E-state index contributed by atoms with van der Waals surface area (Å²) < 4.78 is 28.0. The number of halogens is 3. The summed E-state index contributed by atoms with van der Waals surface area (Å²) in [5.74, 6) is 0.485. The van der Waals surface area contributed by atoms with E-state index < -0.39 is 10.0 Å². The second-order valence-electron chi connectivity index (χ2n) is 6.45. The third-order valence-corrected chi connectivity index (χ3v) is 7.02. The molecular formula is C21H21BrCl2N4O2S. The van der Waals surface area contributed by atoms with Gasteiger partial charge in [0.1, 0.15) is 0 Å². The second-order valence-corrected chi connectivity index (χ2v) is 9.98. The average Bonchev–Trinajstić information content (AvgIpc) is 2.77. The van der Waals surface area contributed by atoms with Crippen LogP contribution in [0.5, 0.6) is 0 Å². The molecule has 0 saturated heterocycles. The zero-order valence-electron chi connectivity index (χ0n) is 16.4. The molecule has 2 aromatic carbocycles. The lowest BCUT2D eigenvalue weighted by Crippen LogP contribution is -2.33. The maximum atomic E-state index is 13.3. The van der Waals surface area contributed by atoms with Gasteiger partial charge in [-0.25, -0.2) is 13.4 Å². The van der Waals surface area contributed by atoms with Gasteiger partial charge in [0.25, 0.3) is 10.0 Å². The molecular weight excluding hydrogens is 523 g/mol. The Kier molecular flexibility index (Phi) is 8.43. The number of aromatic nitrogens is 1. The number of benzene rings is 2. The third-order valence-electron chi connectivity index (χ3n) is 4.34. The SMILES string of the molecule is O=S(=O)(c1ccc(Cl)cc1)N(CCBr)c1cccnc1NCCNc1ccc(Cl)cc1. The van der Waals surface area contributed by atoms with Gasteiger partial charge in [-0.15, -0.1) is 0 Å². The molecule has 3 rings (SSSR count). The predicted octanol–water partition coefficient (Wildman–Crippen LogP) is 5.50. The third kappa shape index (κ3) is 6.26. The van der Waals surface area contributed by atoms with Gasteiger partial charge in [-0.3, -0.25) is 4.31 Å². The van der Waals surface area contributed by atoms with Crippen LogP contribution in [0.4, 0.5) is 17.2 Å². The fraction of sp³-hybridized carbons (Fsp3) is 0.190. The lowest BCUT2D eigenvalue weighted by Gasteiger charge is -2.25. The van der Waals surface area contributed by atoms with Crippen molar-refractivity contribution in [3.05, 3.63) is 76.9 Å². The molecule has 3 aromatic rings. The summed E-state index contributed by atoms with van der Waals surface area (Å²) in [6, 6.07) is 17.0. The number of hydrogen-bond donors (Lipinski definition) is 2. The Hall–Kier alpha value is -2.00. The molecule has 31 heavy (non-hydrogen) atoms. The van der Waals surface area contributed by atoms with Crippen molar-refractivity contribution < 1.29 is 8.42 Å². The molecule has 2 N–H and O–H groups in total. The Labute approximate surface area is 200 Å². The lowest BCUT2D eigenvalue weighted by atomic mass is 10.3. The summed E-state index contributed by atoms with van der Waals surface area (Å²) in [7, 11) is -3.80. The molecule has 0 aliphatic carbocycles. The van der Waals surface area contributed by atoms with Gasteiger partial charge < -0.3 is 10.6 Å². The number of rotatable bonds is 10. The van der Waals surface area contributed by atoms with Crippen molar-refractivity contribution >= 4 is 66.3 Å². The van der Waals surface area contributed by atoms with Crippen LogP contribution < -0.4 is 14.9 Å². The van der Waals surface area contributed by atoms with E-state index in [-0.39, 0.29) is 11.4 Å². The fourth-order valence-electron chi connectivity index (χ4n) is 2.87. The van der Waals surface area contributed by atoms with Crippen molar-refractivity contribution in [2.45, 2.75) is 4.90 Å². The van der Waals surface area contributed by atoms with Crippen LogP contribution in [0.3, 0.4) is 0 Å². The number of sulfonamides is 1. The van der Waals surface area contributed by atoms with Crippen molar-refractivity contribution in [1.82, 2.24) is 4.98 Å². The number of alkyl halides is 1. The first-order valence-corrected chi connectivity index (χ1v) is 12.8. The highest BCUT2D eigenvalue weighted by Gasteiger charge is 2.26. The largest absolute Gasteiger partial charge is 0.383 e. The first-order valence-electron chi connectivity index (χ1n) is 9.44. The summed E-state index contributed by atoms with van der Waals surface area (Å²) in [4.78, 5) is 4.52. The Balaban J connectivity index is 1.76. The molecule has 6 nitrogen and oxygen atoms in total. The molecule has 0 atom stereocenters. The van der Waals surface area contributed by atoms with Gasteiger partial charge in [0.2, 0.25) is 0 Å². The number of hydrogen-bond acceptors (Lipinski definition) is 5. The van der Waals surface area contributed by atoms with Crippen LogP contribution in [0.15, 0.2) is 71.8 Å². The minimum atomic E-state index is -3.80. The van der Waals surface area contributed by atoms with Gasteiger partial charge in [-0.2, -0.15) is 0 Å².